The van der Waals surface area contributed by atoms with Crippen molar-refractivity contribution in [3.63, 3.8) is 0 Å². The van der Waals surface area contributed by atoms with Crippen LogP contribution in [0.1, 0.15) is 72.1 Å². The summed E-state index contributed by atoms with van der Waals surface area (Å²) in [6.45, 7) is 6.68. The molecule has 1 rings (SSSR count). The topological polar surface area (TPSA) is 49.3 Å². The number of carbonyl (C=O) groups excluding carboxylic acids is 1. The van der Waals surface area contributed by atoms with Crippen LogP contribution in [0.4, 0.5) is 0 Å². The van der Waals surface area contributed by atoms with E-state index in [0.717, 1.165) is 25.2 Å². The van der Waals surface area contributed by atoms with E-state index >= 15 is 0 Å². The Hall–Kier alpha value is -0.570. The standard InChI is InChI=1S/C17H33NO2/c1-4-16(11-15-8-6-5-7-9-15)17(20)18-12-13(2)10-14(3)19/h13-16,19H,4-12H2,1-3H3,(H,18,20). The SMILES string of the molecule is CCC(CC1CCCCC1)C(=O)NCC(C)CC(C)O. The van der Waals surface area contributed by atoms with Crippen LogP contribution in [-0.4, -0.2) is 23.7 Å². The molecule has 3 unspecified atom stereocenters. The fourth-order valence-corrected chi connectivity index (χ4v) is 3.37. The zero-order chi connectivity index (χ0) is 15.0. The van der Waals surface area contributed by atoms with Gasteiger partial charge in [-0.1, -0.05) is 46.0 Å². The number of aliphatic hydroxyl groups is 1. The van der Waals surface area contributed by atoms with Gasteiger partial charge in [0.05, 0.1) is 6.10 Å². The lowest BCUT2D eigenvalue weighted by Crippen LogP contribution is -2.35. The lowest BCUT2D eigenvalue weighted by molar-refractivity contribution is -0.126. The summed E-state index contributed by atoms with van der Waals surface area (Å²) < 4.78 is 0. The zero-order valence-corrected chi connectivity index (χ0v) is 13.5. The second-order valence-corrected chi connectivity index (χ2v) is 6.78. The largest absolute Gasteiger partial charge is 0.393 e. The van der Waals surface area contributed by atoms with Gasteiger partial charge in [-0.15, -0.1) is 0 Å². The van der Waals surface area contributed by atoms with Crippen molar-refractivity contribution >= 4 is 5.91 Å². The normalized spacial score (nSPS) is 21.2. The van der Waals surface area contributed by atoms with Crippen molar-refractivity contribution in [3.8, 4) is 0 Å². The summed E-state index contributed by atoms with van der Waals surface area (Å²) in [5.74, 6) is 1.49. The summed E-state index contributed by atoms with van der Waals surface area (Å²) in [5, 5.41) is 12.4. The van der Waals surface area contributed by atoms with Crippen molar-refractivity contribution < 1.29 is 9.90 Å². The Labute approximate surface area is 124 Å². The molecule has 0 aromatic carbocycles. The lowest BCUT2D eigenvalue weighted by Gasteiger charge is -2.26. The maximum Gasteiger partial charge on any atom is 0.223 e. The minimum atomic E-state index is -0.286. The number of amides is 1. The summed E-state index contributed by atoms with van der Waals surface area (Å²) in [6.07, 6.45) is 9.13. The average Bonchev–Trinajstić information content (AvgIpc) is 2.42. The van der Waals surface area contributed by atoms with Gasteiger partial charge >= 0.3 is 0 Å². The second-order valence-electron chi connectivity index (χ2n) is 6.78. The summed E-state index contributed by atoms with van der Waals surface area (Å²) in [4.78, 5) is 12.3. The van der Waals surface area contributed by atoms with Gasteiger partial charge in [-0.3, -0.25) is 4.79 Å². The third kappa shape index (κ3) is 6.74. The van der Waals surface area contributed by atoms with E-state index in [-0.39, 0.29) is 17.9 Å². The Morgan fingerprint density at radius 3 is 2.45 bits per heavy atom. The fraction of sp³-hybridized carbons (Fsp3) is 0.941. The molecular formula is C17H33NO2. The van der Waals surface area contributed by atoms with Gasteiger partial charge in [0.2, 0.25) is 5.91 Å². The van der Waals surface area contributed by atoms with Gasteiger partial charge in [0.25, 0.3) is 0 Å². The van der Waals surface area contributed by atoms with E-state index in [1.807, 2.05) is 0 Å². The molecule has 2 N–H and O–H groups in total. The molecule has 0 bridgehead atoms. The molecule has 3 heteroatoms. The van der Waals surface area contributed by atoms with Crippen molar-refractivity contribution in [2.24, 2.45) is 17.8 Å². The van der Waals surface area contributed by atoms with E-state index in [9.17, 15) is 9.90 Å². The Bertz CT molecular complexity index is 272. The van der Waals surface area contributed by atoms with Crippen LogP contribution in [0.2, 0.25) is 0 Å². The van der Waals surface area contributed by atoms with Crippen LogP contribution in [0.3, 0.4) is 0 Å². The van der Waals surface area contributed by atoms with E-state index in [1.54, 1.807) is 6.92 Å². The first kappa shape index (κ1) is 17.5. The summed E-state index contributed by atoms with van der Waals surface area (Å²) in [7, 11) is 0. The van der Waals surface area contributed by atoms with Gasteiger partial charge < -0.3 is 10.4 Å². The highest BCUT2D eigenvalue weighted by Gasteiger charge is 2.23. The molecular weight excluding hydrogens is 250 g/mol. The molecule has 118 valence electrons. The van der Waals surface area contributed by atoms with Crippen LogP contribution in [0, 0.1) is 17.8 Å². The first-order valence-electron chi connectivity index (χ1n) is 8.48. The number of hydrogen-bond donors (Lipinski definition) is 2. The van der Waals surface area contributed by atoms with Crippen molar-refractivity contribution in [1.29, 1.82) is 0 Å². The molecule has 1 amide bonds. The maximum atomic E-state index is 12.3. The molecule has 0 aromatic heterocycles. The predicted molar refractivity (Wildman–Crippen MR) is 83.4 cm³/mol. The van der Waals surface area contributed by atoms with Gasteiger partial charge in [0, 0.05) is 12.5 Å². The monoisotopic (exact) mass is 283 g/mol. The molecule has 1 aliphatic carbocycles. The third-order valence-corrected chi connectivity index (χ3v) is 4.57. The van der Waals surface area contributed by atoms with E-state index < -0.39 is 0 Å². The quantitative estimate of drug-likeness (QED) is 0.716. The van der Waals surface area contributed by atoms with Gasteiger partial charge in [0.15, 0.2) is 0 Å². The third-order valence-electron chi connectivity index (χ3n) is 4.57. The van der Waals surface area contributed by atoms with Gasteiger partial charge in [-0.25, -0.2) is 0 Å². The van der Waals surface area contributed by atoms with E-state index in [0.29, 0.717) is 12.5 Å². The fourth-order valence-electron chi connectivity index (χ4n) is 3.37. The van der Waals surface area contributed by atoms with Crippen LogP contribution in [0.15, 0.2) is 0 Å². The molecule has 3 nitrogen and oxygen atoms in total. The molecule has 1 aliphatic rings. The first-order chi connectivity index (χ1) is 9.52. The highest BCUT2D eigenvalue weighted by atomic mass is 16.3. The number of aliphatic hydroxyl groups excluding tert-OH is 1. The summed E-state index contributed by atoms with van der Waals surface area (Å²) in [6, 6.07) is 0. The molecule has 0 saturated heterocycles. The minimum Gasteiger partial charge on any atom is -0.393 e. The van der Waals surface area contributed by atoms with Crippen molar-refractivity contribution in [3.05, 3.63) is 0 Å². The average molecular weight is 283 g/mol. The molecule has 0 heterocycles. The Balaban J connectivity index is 2.30. The molecule has 0 aromatic rings. The van der Waals surface area contributed by atoms with Crippen LogP contribution >= 0.6 is 0 Å². The highest BCUT2D eigenvalue weighted by Crippen LogP contribution is 2.30. The molecule has 1 fully saturated rings. The molecule has 0 aliphatic heterocycles. The van der Waals surface area contributed by atoms with Gasteiger partial charge in [0.1, 0.15) is 0 Å². The lowest BCUT2D eigenvalue weighted by atomic mass is 9.81. The van der Waals surface area contributed by atoms with E-state index in [2.05, 4.69) is 19.2 Å². The molecule has 0 radical (unpaired) electrons. The highest BCUT2D eigenvalue weighted by molar-refractivity contribution is 5.78. The number of nitrogens with one attached hydrogen (secondary N) is 1. The minimum absolute atomic E-state index is 0.178. The van der Waals surface area contributed by atoms with Gasteiger partial charge in [-0.05, 0) is 38.0 Å². The van der Waals surface area contributed by atoms with E-state index in [1.165, 1.54) is 32.1 Å². The van der Waals surface area contributed by atoms with Crippen LogP contribution in [0.25, 0.3) is 0 Å². The van der Waals surface area contributed by atoms with Crippen molar-refractivity contribution in [1.82, 2.24) is 5.32 Å². The molecule has 1 saturated carbocycles. The molecule has 0 spiro atoms. The Morgan fingerprint density at radius 1 is 1.25 bits per heavy atom. The van der Waals surface area contributed by atoms with Crippen LogP contribution in [0.5, 0.6) is 0 Å². The Kier molecular flexibility index (Phi) is 8.20. The molecule has 20 heavy (non-hydrogen) atoms. The number of hydrogen-bond acceptors (Lipinski definition) is 2. The zero-order valence-electron chi connectivity index (χ0n) is 13.5. The summed E-state index contributed by atoms with van der Waals surface area (Å²) >= 11 is 0. The predicted octanol–water partition coefficient (Wildman–Crippen LogP) is 3.51. The molecule has 3 atom stereocenters. The number of rotatable bonds is 8. The van der Waals surface area contributed by atoms with Crippen molar-refractivity contribution in [2.45, 2.75) is 78.2 Å². The van der Waals surface area contributed by atoms with Gasteiger partial charge in [-0.2, -0.15) is 0 Å². The van der Waals surface area contributed by atoms with Crippen LogP contribution in [-0.2, 0) is 4.79 Å². The second kappa shape index (κ2) is 9.38. The maximum absolute atomic E-state index is 12.3. The number of carbonyl (C=O) groups is 1. The summed E-state index contributed by atoms with van der Waals surface area (Å²) in [5.41, 5.74) is 0. The van der Waals surface area contributed by atoms with Crippen molar-refractivity contribution in [2.75, 3.05) is 6.54 Å². The Morgan fingerprint density at radius 2 is 1.90 bits per heavy atom. The van der Waals surface area contributed by atoms with Crippen LogP contribution < -0.4 is 5.32 Å². The van der Waals surface area contributed by atoms with E-state index in [4.69, 9.17) is 0 Å². The first-order valence-corrected chi connectivity index (χ1v) is 8.48. The smallest absolute Gasteiger partial charge is 0.223 e.